The molecular formula is C23H24F3N3O2. The number of aromatic nitrogens is 2. The van der Waals surface area contributed by atoms with Crippen LogP contribution in [0.1, 0.15) is 41.3 Å². The molecule has 8 heteroatoms. The lowest BCUT2D eigenvalue weighted by Crippen LogP contribution is -2.40. The maximum absolute atomic E-state index is 13.0. The number of hydrogen-bond donors (Lipinski definition) is 1. The fraction of sp³-hybridized carbons (Fsp3) is 0.391. The maximum Gasteiger partial charge on any atom is 0.433 e. The van der Waals surface area contributed by atoms with Crippen molar-refractivity contribution in [2.24, 2.45) is 0 Å². The first-order valence-corrected chi connectivity index (χ1v) is 10.2. The number of piperidine rings is 1. The second-order valence-electron chi connectivity index (χ2n) is 8.02. The van der Waals surface area contributed by atoms with E-state index in [9.17, 15) is 18.0 Å². The lowest BCUT2D eigenvalue weighted by Gasteiger charge is -2.32. The standard InChI is InChI=1S/C23H24F3N3O2/c1-14-5-7-20(31-2)16(10-14)11-22(30)29-9-3-4-15(13-29)18-12-19-17(27-18)6-8-21(28-19)23(24,25)26/h5-8,10,12,15,27H,3-4,9,11,13H2,1-2H3/t15-/m0/s1. The molecule has 1 N–H and O–H groups in total. The predicted octanol–water partition coefficient (Wildman–Crippen LogP) is 4.85. The van der Waals surface area contributed by atoms with Gasteiger partial charge in [-0.1, -0.05) is 17.7 Å². The third-order valence-corrected chi connectivity index (χ3v) is 5.78. The van der Waals surface area contributed by atoms with Crippen LogP contribution in [0.4, 0.5) is 13.2 Å². The summed E-state index contributed by atoms with van der Waals surface area (Å²) in [5.41, 5.74) is 2.67. The summed E-state index contributed by atoms with van der Waals surface area (Å²) >= 11 is 0. The first-order chi connectivity index (χ1) is 14.7. The number of ether oxygens (including phenoxy) is 1. The van der Waals surface area contributed by atoms with E-state index >= 15 is 0 Å². The van der Waals surface area contributed by atoms with Crippen LogP contribution < -0.4 is 4.74 Å². The number of hydrogen-bond acceptors (Lipinski definition) is 3. The molecule has 5 nitrogen and oxygen atoms in total. The van der Waals surface area contributed by atoms with Gasteiger partial charge in [0.25, 0.3) is 0 Å². The molecule has 164 valence electrons. The minimum atomic E-state index is -4.48. The van der Waals surface area contributed by atoms with Crippen LogP contribution in [0, 0.1) is 6.92 Å². The third kappa shape index (κ3) is 4.52. The Balaban J connectivity index is 1.51. The Morgan fingerprint density at radius 2 is 2.06 bits per heavy atom. The Bertz CT molecular complexity index is 1110. The van der Waals surface area contributed by atoms with Gasteiger partial charge in [0.2, 0.25) is 5.91 Å². The zero-order chi connectivity index (χ0) is 22.2. The van der Waals surface area contributed by atoms with Crippen molar-refractivity contribution in [3.63, 3.8) is 0 Å². The van der Waals surface area contributed by atoms with E-state index in [0.717, 1.165) is 35.7 Å². The molecule has 1 fully saturated rings. The molecule has 0 saturated carbocycles. The van der Waals surface area contributed by atoms with Crippen LogP contribution in [0.15, 0.2) is 36.4 Å². The Hall–Kier alpha value is -3.03. The van der Waals surface area contributed by atoms with Gasteiger partial charge >= 0.3 is 6.18 Å². The summed E-state index contributed by atoms with van der Waals surface area (Å²) in [6, 6.07) is 9.83. The molecule has 1 aliphatic rings. The van der Waals surface area contributed by atoms with Gasteiger partial charge in [-0.05, 0) is 44.0 Å². The summed E-state index contributed by atoms with van der Waals surface area (Å²) < 4.78 is 44.2. The number of H-pyrrole nitrogens is 1. The van der Waals surface area contributed by atoms with E-state index in [0.29, 0.717) is 24.4 Å². The summed E-state index contributed by atoms with van der Waals surface area (Å²) in [6.07, 6.45) is -2.54. The molecule has 1 saturated heterocycles. The number of fused-ring (bicyclic) bond motifs is 1. The smallest absolute Gasteiger partial charge is 0.433 e. The van der Waals surface area contributed by atoms with Crippen molar-refractivity contribution >= 4 is 16.9 Å². The number of amides is 1. The zero-order valence-corrected chi connectivity index (χ0v) is 17.4. The second-order valence-corrected chi connectivity index (χ2v) is 8.02. The second kappa shape index (κ2) is 8.24. The van der Waals surface area contributed by atoms with Crippen LogP contribution in [0.25, 0.3) is 11.0 Å². The lowest BCUT2D eigenvalue weighted by atomic mass is 9.94. The number of nitrogens with one attached hydrogen (secondary N) is 1. The molecule has 3 aromatic rings. The van der Waals surface area contributed by atoms with Crippen molar-refractivity contribution in [3.8, 4) is 5.75 Å². The van der Waals surface area contributed by atoms with Crippen molar-refractivity contribution < 1.29 is 22.7 Å². The fourth-order valence-electron chi connectivity index (χ4n) is 4.19. The van der Waals surface area contributed by atoms with Crippen LogP contribution in [0.5, 0.6) is 5.75 Å². The number of likely N-dealkylation sites (tertiary alicyclic amines) is 1. The number of pyridine rings is 1. The van der Waals surface area contributed by atoms with Crippen molar-refractivity contribution in [2.45, 2.75) is 38.3 Å². The number of methoxy groups -OCH3 is 1. The summed E-state index contributed by atoms with van der Waals surface area (Å²) in [5, 5.41) is 0. The van der Waals surface area contributed by atoms with E-state index in [1.807, 2.05) is 30.0 Å². The molecule has 31 heavy (non-hydrogen) atoms. The molecule has 3 heterocycles. The molecule has 1 aromatic carbocycles. The summed E-state index contributed by atoms with van der Waals surface area (Å²) in [5.74, 6) is 0.734. The number of nitrogens with zero attached hydrogens (tertiary/aromatic N) is 2. The molecule has 0 bridgehead atoms. The van der Waals surface area contributed by atoms with Crippen LogP contribution >= 0.6 is 0 Å². The minimum absolute atomic E-state index is 0.0159. The van der Waals surface area contributed by atoms with E-state index in [4.69, 9.17) is 4.74 Å². The number of rotatable bonds is 4. The molecule has 0 unspecified atom stereocenters. The molecule has 0 spiro atoms. The topological polar surface area (TPSA) is 58.2 Å². The van der Waals surface area contributed by atoms with E-state index in [2.05, 4.69) is 9.97 Å². The van der Waals surface area contributed by atoms with Gasteiger partial charge in [0, 0.05) is 30.3 Å². The third-order valence-electron chi connectivity index (χ3n) is 5.78. The average Bonchev–Trinajstić information content (AvgIpc) is 3.17. The summed E-state index contributed by atoms with van der Waals surface area (Å²) in [7, 11) is 1.59. The largest absolute Gasteiger partial charge is 0.496 e. The molecule has 0 aliphatic carbocycles. The van der Waals surface area contributed by atoms with Crippen LogP contribution in [-0.4, -0.2) is 41.0 Å². The quantitative estimate of drug-likeness (QED) is 0.643. The first kappa shape index (κ1) is 21.2. The predicted molar refractivity (Wildman–Crippen MR) is 111 cm³/mol. The molecular weight excluding hydrogens is 407 g/mol. The van der Waals surface area contributed by atoms with Crippen molar-refractivity contribution in [1.29, 1.82) is 0 Å². The molecule has 2 aromatic heterocycles. The van der Waals surface area contributed by atoms with E-state index in [1.54, 1.807) is 13.2 Å². The van der Waals surface area contributed by atoms with Gasteiger partial charge < -0.3 is 14.6 Å². The van der Waals surface area contributed by atoms with Gasteiger partial charge in [-0.25, -0.2) is 4.98 Å². The molecule has 1 atom stereocenters. The highest BCUT2D eigenvalue weighted by molar-refractivity contribution is 5.80. The number of carbonyl (C=O) groups excluding carboxylic acids is 1. The Labute approximate surface area is 178 Å². The molecule has 1 amide bonds. The number of halogens is 3. The van der Waals surface area contributed by atoms with Gasteiger partial charge in [-0.3, -0.25) is 4.79 Å². The highest BCUT2D eigenvalue weighted by Crippen LogP contribution is 2.32. The number of aromatic amines is 1. The lowest BCUT2D eigenvalue weighted by molar-refractivity contribution is -0.141. The van der Waals surface area contributed by atoms with Gasteiger partial charge in [-0.2, -0.15) is 13.2 Å². The van der Waals surface area contributed by atoms with Crippen LogP contribution in [0.3, 0.4) is 0 Å². The van der Waals surface area contributed by atoms with Gasteiger partial charge in [0.15, 0.2) is 0 Å². The highest BCUT2D eigenvalue weighted by Gasteiger charge is 2.33. The Kier molecular flexibility index (Phi) is 5.64. The number of aryl methyl sites for hydroxylation is 1. The summed E-state index contributed by atoms with van der Waals surface area (Å²) in [4.78, 5) is 21.7. The minimum Gasteiger partial charge on any atom is -0.496 e. The normalized spacial score (nSPS) is 17.2. The fourth-order valence-corrected chi connectivity index (χ4v) is 4.19. The highest BCUT2D eigenvalue weighted by atomic mass is 19.4. The van der Waals surface area contributed by atoms with Crippen LogP contribution in [0.2, 0.25) is 0 Å². The van der Waals surface area contributed by atoms with E-state index in [1.165, 1.54) is 6.07 Å². The maximum atomic E-state index is 13.0. The Morgan fingerprint density at radius 1 is 1.26 bits per heavy atom. The monoisotopic (exact) mass is 431 g/mol. The van der Waals surface area contributed by atoms with Crippen molar-refractivity contribution in [3.05, 3.63) is 58.9 Å². The van der Waals surface area contributed by atoms with Crippen molar-refractivity contribution in [1.82, 2.24) is 14.9 Å². The average molecular weight is 431 g/mol. The summed E-state index contributed by atoms with van der Waals surface area (Å²) in [6.45, 7) is 3.16. The first-order valence-electron chi connectivity index (χ1n) is 10.2. The van der Waals surface area contributed by atoms with Gasteiger partial charge in [0.1, 0.15) is 11.4 Å². The Morgan fingerprint density at radius 3 is 2.81 bits per heavy atom. The van der Waals surface area contributed by atoms with Gasteiger partial charge in [-0.15, -0.1) is 0 Å². The van der Waals surface area contributed by atoms with Crippen molar-refractivity contribution in [2.75, 3.05) is 20.2 Å². The van der Waals surface area contributed by atoms with E-state index < -0.39 is 11.9 Å². The van der Waals surface area contributed by atoms with Crippen LogP contribution in [-0.2, 0) is 17.4 Å². The number of carbonyl (C=O) groups is 1. The SMILES string of the molecule is COc1ccc(C)cc1CC(=O)N1CCC[C@H](c2cc3nc(C(F)(F)F)ccc3[nH]2)C1. The number of alkyl halides is 3. The van der Waals surface area contributed by atoms with E-state index in [-0.39, 0.29) is 23.8 Å². The molecule has 0 radical (unpaired) electrons. The van der Waals surface area contributed by atoms with Gasteiger partial charge in [0.05, 0.1) is 24.6 Å². The molecule has 1 aliphatic heterocycles. The molecule has 4 rings (SSSR count). The zero-order valence-electron chi connectivity index (χ0n) is 17.4. The number of benzene rings is 1.